The molecular weight excluding hydrogens is 283 g/mol. The fourth-order valence-electron chi connectivity index (χ4n) is 2.63. The highest BCUT2D eigenvalue weighted by Crippen LogP contribution is 2.50. The van der Waals surface area contributed by atoms with Gasteiger partial charge in [-0.25, -0.2) is 5.43 Å². The molecule has 106 valence electrons. The minimum atomic E-state index is -3.13. The standard InChI is InChI=1S/C16H15N2O2P/c1-12-15(16(19)18-17-12)21(20,13-8-4-2-5-9-13)14-10-6-3-7-11-14/h2-11,15H,1H3,(H,18,19). The maximum Gasteiger partial charge on any atom is 0.257 e. The fraction of sp³-hybridized carbons (Fsp3) is 0.125. The van der Waals surface area contributed by atoms with Gasteiger partial charge in [-0.2, -0.15) is 5.10 Å². The van der Waals surface area contributed by atoms with E-state index in [4.69, 9.17) is 0 Å². The minimum Gasteiger partial charge on any atom is -0.312 e. The van der Waals surface area contributed by atoms with E-state index in [0.29, 0.717) is 16.3 Å². The van der Waals surface area contributed by atoms with Crippen molar-refractivity contribution in [3.05, 3.63) is 60.7 Å². The third-order valence-electron chi connectivity index (χ3n) is 3.63. The zero-order valence-electron chi connectivity index (χ0n) is 11.6. The van der Waals surface area contributed by atoms with Crippen LogP contribution in [0.4, 0.5) is 0 Å². The zero-order valence-corrected chi connectivity index (χ0v) is 12.5. The first-order chi connectivity index (χ1) is 10.1. The lowest BCUT2D eigenvalue weighted by atomic mass is 10.3. The number of rotatable bonds is 3. The molecule has 1 aliphatic heterocycles. The van der Waals surface area contributed by atoms with E-state index >= 15 is 0 Å². The van der Waals surface area contributed by atoms with Crippen LogP contribution >= 0.6 is 7.14 Å². The van der Waals surface area contributed by atoms with E-state index in [-0.39, 0.29) is 5.91 Å². The molecular formula is C16H15N2O2P. The molecule has 1 amide bonds. The molecule has 4 nitrogen and oxygen atoms in total. The van der Waals surface area contributed by atoms with Crippen molar-refractivity contribution in [3.8, 4) is 0 Å². The van der Waals surface area contributed by atoms with Crippen LogP contribution in [0.25, 0.3) is 0 Å². The molecule has 1 unspecified atom stereocenters. The Bertz CT molecular complexity index is 698. The number of nitrogens with zero attached hydrogens (tertiary/aromatic N) is 1. The first-order valence-corrected chi connectivity index (χ1v) is 8.46. The summed E-state index contributed by atoms with van der Waals surface area (Å²) in [6.45, 7) is 1.74. The molecule has 0 saturated carbocycles. The zero-order chi connectivity index (χ0) is 14.9. The van der Waals surface area contributed by atoms with Crippen LogP contribution in [0, 0.1) is 0 Å². The molecule has 21 heavy (non-hydrogen) atoms. The molecule has 1 heterocycles. The molecule has 0 aromatic heterocycles. The van der Waals surface area contributed by atoms with E-state index in [1.165, 1.54) is 0 Å². The molecule has 0 saturated heterocycles. The highest BCUT2D eigenvalue weighted by atomic mass is 31.2. The minimum absolute atomic E-state index is 0.302. The Balaban J connectivity index is 2.24. The Morgan fingerprint density at radius 3 is 1.81 bits per heavy atom. The van der Waals surface area contributed by atoms with E-state index < -0.39 is 12.8 Å². The molecule has 1 atom stereocenters. The van der Waals surface area contributed by atoms with Crippen molar-refractivity contribution in [1.29, 1.82) is 0 Å². The van der Waals surface area contributed by atoms with Gasteiger partial charge in [0.15, 0.2) is 7.14 Å². The van der Waals surface area contributed by atoms with Crippen LogP contribution in [0.3, 0.4) is 0 Å². The SMILES string of the molecule is CC1=NNC(=O)C1P(=O)(c1ccccc1)c1ccccc1. The number of carbonyl (C=O) groups excluding carboxylic acids is 1. The Morgan fingerprint density at radius 1 is 0.952 bits per heavy atom. The third-order valence-corrected chi connectivity index (χ3v) is 7.10. The van der Waals surface area contributed by atoms with Gasteiger partial charge < -0.3 is 4.57 Å². The Morgan fingerprint density at radius 2 is 1.43 bits per heavy atom. The van der Waals surface area contributed by atoms with E-state index in [1.807, 2.05) is 60.7 Å². The summed E-state index contributed by atoms with van der Waals surface area (Å²) in [6.07, 6.45) is 0. The normalized spacial score (nSPS) is 18.2. The number of carbonyl (C=O) groups is 1. The molecule has 0 bridgehead atoms. The van der Waals surface area contributed by atoms with Crippen LogP contribution in [0.2, 0.25) is 0 Å². The smallest absolute Gasteiger partial charge is 0.257 e. The summed E-state index contributed by atoms with van der Waals surface area (Å²) in [5.41, 5.74) is 2.27. The van der Waals surface area contributed by atoms with Crippen molar-refractivity contribution in [2.24, 2.45) is 5.10 Å². The van der Waals surface area contributed by atoms with Gasteiger partial charge in [-0.15, -0.1) is 0 Å². The lowest BCUT2D eigenvalue weighted by molar-refractivity contribution is -0.118. The number of amides is 1. The van der Waals surface area contributed by atoms with Gasteiger partial charge in [0, 0.05) is 10.6 Å². The van der Waals surface area contributed by atoms with Crippen LogP contribution in [0.5, 0.6) is 0 Å². The summed E-state index contributed by atoms with van der Waals surface area (Å²) < 4.78 is 13.9. The Labute approximate surface area is 123 Å². The summed E-state index contributed by atoms with van der Waals surface area (Å²) >= 11 is 0. The van der Waals surface area contributed by atoms with Crippen LogP contribution < -0.4 is 16.0 Å². The lowest BCUT2D eigenvalue weighted by Crippen LogP contribution is -2.36. The van der Waals surface area contributed by atoms with Crippen molar-refractivity contribution >= 4 is 29.4 Å². The molecule has 0 radical (unpaired) electrons. The second-order valence-corrected chi connectivity index (χ2v) is 7.83. The average molecular weight is 298 g/mol. The first kappa shape index (κ1) is 13.8. The topological polar surface area (TPSA) is 58.5 Å². The van der Waals surface area contributed by atoms with E-state index in [1.54, 1.807) is 6.92 Å². The van der Waals surface area contributed by atoms with Crippen LogP contribution in [0.15, 0.2) is 65.8 Å². The second-order valence-electron chi connectivity index (χ2n) is 4.96. The number of hydrogen-bond donors (Lipinski definition) is 1. The van der Waals surface area contributed by atoms with E-state index in [9.17, 15) is 9.36 Å². The van der Waals surface area contributed by atoms with Gasteiger partial charge in [0.25, 0.3) is 5.91 Å². The summed E-state index contributed by atoms with van der Waals surface area (Å²) in [7, 11) is -3.13. The summed E-state index contributed by atoms with van der Waals surface area (Å²) in [5, 5.41) is 5.31. The first-order valence-electron chi connectivity index (χ1n) is 6.69. The number of hydrogen-bond acceptors (Lipinski definition) is 3. The Hall–Kier alpha value is -2.19. The van der Waals surface area contributed by atoms with Crippen LogP contribution in [0.1, 0.15) is 6.92 Å². The lowest BCUT2D eigenvalue weighted by Gasteiger charge is -2.24. The van der Waals surface area contributed by atoms with E-state index in [2.05, 4.69) is 10.5 Å². The van der Waals surface area contributed by atoms with Crippen molar-refractivity contribution in [3.63, 3.8) is 0 Å². The van der Waals surface area contributed by atoms with Crippen LogP contribution in [-0.4, -0.2) is 17.3 Å². The highest BCUT2D eigenvalue weighted by Gasteiger charge is 2.45. The monoisotopic (exact) mass is 298 g/mol. The molecule has 0 aliphatic carbocycles. The van der Waals surface area contributed by atoms with Gasteiger partial charge in [-0.1, -0.05) is 60.7 Å². The van der Waals surface area contributed by atoms with Gasteiger partial charge in [0.1, 0.15) is 5.66 Å². The summed E-state index contributed by atoms with van der Waals surface area (Å²) in [4.78, 5) is 12.2. The fourth-order valence-corrected chi connectivity index (χ4v) is 5.73. The van der Waals surface area contributed by atoms with Gasteiger partial charge >= 0.3 is 0 Å². The summed E-state index contributed by atoms with van der Waals surface area (Å²) in [5.74, 6) is -0.302. The number of hydrazone groups is 1. The third kappa shape index (κ3) is 2.22. The highest BCUT2D eigenvalue weighted by molar-refractivity contribution is 7.81. The largest absolute Gasteiger partial charge is 0.312 e. The van der Waals surface area contributed by atoms with E-state index in [0.717, 1.165) is 0 Å². The van der Waals surface area contributed by atoms with Crippen molar-refractivity contribution in [2.45, 2.75) is 12.6 Å². The van der Waals surface area contributed by atoms with Crippen molar-refractivity contribution < 1.29 is 9.36 Å². The van der Waals surface area contributed by atoms with Crippen molar-refractivity contribution in [1.82, 2.24) is 5.43 Å². The maximum absolute atomic E-state index is 13.9. The van der Waals surface area contributed by atoms with Gasteiger partial charge in [0.2, 0.25) is 0 Å². The predicted octanol–water partition coefficient (Wildman–Crippen LogP) is 1.87. The Kier molecular flexibility index (Phi) is 3.48. The molecule has 0 spiro atoms. The molecule has 5 heteroatoms. The predicted molar refractivity (Wildman–Crippen MR) is 84.8 cm³/mol. The second kappa shape index (κ2) is 5.30. The van der Waals surface area contributed by atoms with Crippen molar-refractivity contribution in [2.75, 3.05) is 0 Å². The average Bonchev–Trinajstić information content (AvgIpc) is 2.88. The molecule has 3 rings (SSSR count). The molecule has 2 aromatic rings. The molecule has 1 aliphatic rings. The maximum atomic E-state index is 13.9. The van der Waals surface area contributed by atoms with Gasteiger partial charge in [-0.3, -0.25) is 4.79 Å². The number of benzene rings is 2. The summed E-state index contributed by atoms with van der Waals surface area (Å²) in [6, 6.07) is 18.3. The molecule has 0 fully saturated rings. The quantitative estimate of drug-likeness (QED) is 0.880. The number of nitrogens with one attached hydrogen (secondary N) is 1. The molecule has 1 N–H and O–H groups in total. The van der Waals surface area contributed by atoms with Gasteiger partial charge in [-0.05, 0) is 6.92 Å². The van der Waals surface area contributed by atoms with Gasteiger partial charge in [0.05, 0.1) is 5.71 Å². The van der Waals surface area contributed by atoms with Crippen LogP contribution in [-0.2, 0) is 9.36 Å². The molecule has 2 aromatic carbocycles.